The number of amides is 1. The molecule has 0 aliphatic rings. The van der Waals surface area contributed by atoms with Gasteiger partial charge in [-0.1, -0.05) is 87.9 Å². The molecule has 6 heteroatoms. The SMILES string of the molecule is Cc1ccc(-c2sc(NC(=O)CCC(=O)c3ccc(Br)cc3)nc2-c2ccccc2)cc1C. The summed E-state index contributed by atoms with van der Waals surface area (Å²) in [6.07, 6.45) is 0.252. The topological polar surface area (TPSA) is 59.1 Å². The molecule has 4 nitrogen and oxygen atoms in total. The highest BCUT2D eigenvalue weighted by Gasteiger charge is 2.17. The molecular weight excluding hydrogens is 496 g/mol. The molecule has 1 amide bonds. The van der Waals surface area contributed by atoms with Gasteiger partial charge in [0, 0.05) is 28.4 Å². The molecule has 4 rings (SSSR count). The molecule has 0 saturated heterocycles. The minimum Gasteiger partial charge on any atom is -0.302 e. The fourth-order valence-corrected chi connectivity index (χ4v) is 4.70. The van der Waals surface area contributed by atoms with Crippen molar-refractivity contribution in [2.45, 2.75) is 26.7 Å². The number of nitrogens with one attached hydrogen (secondary N) is 1. The van der Waals surface area contributed by atoms with Crippen LogP contribution in [-0.2, 0) is 4.79 Å². The predicted octanol–water partition coefficient (Wildman–Crippen LogP) is 7.46. The monoisotopic (exact) mass is 518 g/mol. The zero-order chi connectivity index (χ0) is 23.4. The number of carbonyl (C=O) groups is 2. The van der Waals surface area contributed by atoms with E-state index in [9.17, 15) is 9.59 Å². The summed E-state index contributed by atoms with van der Waals surface area (Å²) in [5.41, 5.74) is 5.94. The first-order chi connectivity index (χ1) is 15.9. The van der Waals surface area contributed by atoms with Crippen molar-refractivity contribution in [3.05, 3.63) is 94.0 Å². The quantitative estimate of drug-likeness (QED) is 0.258. The van der Waals surface area contributed by atoms with Crippen LogP contribution >= 0.6 is 27.3 Å². The minimum absolute atomic E-state index is 0.0578. The molecule has 33 heavy (non-hydrogen) atoms. The van der Waals surface area contributed by atoms with Crippen LogP contribution in [0.3, 0.4) is 0 Å². The zero-order valence-corrected chi connectivity index (χ0v) is 20.8. The second-order valence-corrected chi connectivity index (χ2v) is 9.75. The van der Waals surface area contributed by atoms with E-state index in [4.69, 9.17) is 4.98 Å². The van der Waals surface area contributed by atoms with Crippen molar-refractivity contribution >= 4 is 44.1 Å². The molecule has 0 aliphatic heterocycles. The van der Waals surface area contributed by atoms with Crippen molar-refractivity contribution in [2.24, 2.45) is 0 Å². The Labute approximate surface area is 205 Å². The Kier molecular flexibility index (Phi) is 7.16. The van der Waals surface area contributed by atoms with Crippen LogP contribution in [0.4, 0.5) is 5.13 Å². The number of anilines is 1. The third-order valence-corrected chi connectivity index (χ3v) is 6.98. The molecule has 0 bridgehead atoms. The highest BCUT2D eigenvalue weighted by Crippen LogP contribution is 2.39. The maximum Gasteiger partial charge on any atom is 0.226 e. The van der Waals surface area contributed by atoms with E-state index >= 15 is 0 Å². The number of aromatic nitrogens is 1. The highest BCUT2D eigenvalue weighted by atomic mass is 79.9. The summed E-state index contributed by atoms with van der Waals surface area (Å²) in [7, 11) is 0. The number of thiazole rings is 1. The first-order valence-electron chi connectivity index (χ1n) is 10.6. The van der Waals surface area contributed by atoms with Gasteiger partial charge in [0.15, 0.2) is 10.9 Å². The molecule has 166 valence electrons. The molecule has 0 aliphatic carbocycles. The summed E-state index contributed by atoms with van der Waals surface area (Å²) in [6, 6.07) is 23.5. The first kappa shape index (κ1) is 23.1. The molecule has 3 aromatic carbocycles. The number of carbonyl (C=O) groups excluding carboxylic acids is 2. The first-order valence-corrected chi connectivity index (χ1v) is 12.2. The van der Waals surface area contributed by atoms with Crippen molar-refractivity contribution in [1.82, 2.24) is 4.98 Å². The molecule has 0 saturated carbocycles. The lowest BCUT2D eigenvalue weighted by Gasteiger charge is -2.05. The van der Waals surface area contributed by atoms with Crippen LogP contribution in [0.5, 0.6) is 0 Å². The normalized spacial score (nSPS) is 10.8. The van der Waals surface area contributed by atoms with Gasteiger partial charge in [0.2, 0.25) is 5.91 Å². The number of benzene rings is 3. The Morgan fingerprint density at radius 3 is 2.30 bits per heavy atom. The molecule has 0 atom stereocenters. The third-order valence-electron chi connectivity index (χ3n) is 5.44. The standard InChI is InChI=1S/C27H23BrN2O2S/c1-17-8-9-21(16-18(17)2)26-25(20-6-4-3-5-7-20)30-27(33-26)29-24(32)15-14-23(31)19-10-12-22(28)13-11-19/h3-13,16H,14-15H2,1-2H3,(H,29,30,32). The van der Waals surface area contributed by atoms with Gasteiger partial charge in [-0.3, -0.25) is 9.59 Å². The number of aryl methyl sites for hydroxylation is 2. The average molecular weight is 519 g/mol. The molecule has 0 radical (unpaired) electrons. The minimum atomic E-state index is -0.222. The lowest BCUT2D eigenvalue weighted by molar-refractivity contribution is -0.116. The molecule has 0 fully saturated rings. The summed E-state index contributed by atoms with van der Waals surface area (Å²) in [5, 5.41) is 3.42. The molecule has 1 aromatic heterocycles. The lowest BCUT2D eigenvalue weighted by Crippen LogP contribution is -2.13. The van der Waals surface area contributed by atoms with Crippen LogP contribution in [0.25, 0.3) is 21.7 Å². The van der Waals surface area contributed by atoms with Gasteiger partial charge in [-0.05, 0) is 42.7 Å². The fourth-order valence-electron chi connectivity index (χ4n) is 3.43. The van der Waals surface area contributed by atoms with Gasteiger partial charge in [-0.25, -0.2) is 4.98 Å². The van der Waals surface area contributed by atoms with E-state index in [2.05, 4.69) is 53.3 Å². The molecule has 0 unspecified atom stereocenters. The van der Waals surface area contributed by atoms with Crippen LogP contribution in [0, 0.1) is 13.8 Å². The van der Waals surface area contributed by atoms with E-state index < -0.39 is 0 Å². The third kappa shape index (κ3) is 5.64. The van der Waals surface area contributed by atoms with Gasteiger partial charge >= 0.3 is 0 Å². The van der Waals surface area contributed by atoms with Crippen molar-refractivity contribution in [2.75, 3.05) is 5.32 Å². The fraction of sp³-hybridized carbons (Fsp3) is 0.148. The van der Waals surface area contributed by atoms with Crippen molar-refractivity contribution in [1.29, 1.82) is 0 Å². The van der Waals surface area contributed by atoms with Crippen molar-refractivity contribution in [3.8, 4) is 21.7 Å². The Morgan fingerprint density at radius 1 is 0.879 bits per heavy atom. The van der Waals surface area contributed by atoms with Gasteiger partial charge in [0.25, 0.3) is 0 Å². The van der Waals surface area contributed by atoms with Crippen LogP contribution in [-0.4, -0.2) is 16.7 Å². The number of halogens is 1. The number of hydrogen-bond donors (Lipinski definition) is 1. The number of rotatable bonds is 7. The smallest absolute Gasteiger partial charge is 0.226 e. The molecule has 1 heterocycles. The number of Topliss-reactive ketones (excluding diaryl/α,β-unsaturated/α-hetero) is 1. The van der Waals surface area contributed by atoms with Gasteiger partial charge in [-0.2, -0.15) is 0 Å². The summed E-state index contributed by atoms with van der Waals surface area (Å²) in [4.78, 5) is 30.7. The predicted molar refractivity (Wildman–Crippen MR) is 139 cm³/mol. The second kappa shape index (κ2) is 10.2. The van der Waals surface area contributed by atoms with Gasteiger partial charge < -0.3 is 5.32 Å². The van der Waals surface area contributed by atoms with Gasteiger partial charge in [-0.15, -0.1) is 0 Å². The summed E-state index contributed by atoms with van der Waals surface area (Å²) >= 11 is 4.81. The second-order valence-electron chi connectivity index (χ2n) is 7.84. The average Bonchev–Trinajstić information content (AvgIpc) is 3.24. The van der Waals surface area contributed by atoms with Crippen LogP contribution in [0.2, 0.25) is 0 Å². The van der Waals surface area contributed by atoms with E-state index in [-0.39, 0.29) is 24.5 Å². The lowest BCUT2D eigenvalue weighted by atomic mass is 10.0. The zero-order valence-electron chi connectivity index (χ0n) is 18.4. The Morgan fingerprint density at radius 2 is 1.61 bits per heavy atom. The maximum atomic E-state index is 12.6. The molecular formula is C27H23BrN2O2S. The van der Waals surface area contributed by atoms with E-state index in [1.807, 2.05) is 42.5 Å². The number of nitrogens with zero attached hydrogens (tertiary/aromatic N) is 1. The Bertz CT molecular complexity index is 1300. The Balaban J connectivity index is 1.53. The summed E-state index contributed by atoms with van der Waals surface area (Å²) in [6.45, 7) is 4.18. The molecule has 0 spiro atoms. The van der Waals surface area contributed by atoms with E-state index in [1.54, 1.807) is 12.1 Å². The van der Waals surface area contributed by atoms with E-state index in [0.717, 1.165) is 26.2 Å². The van der Waals surface area contributed by atoms with Gasteiger partial charge in [0.05, 0.1) is 10.6 Å². The van der Waals surface area contributed by atoms with E-state index in [1.165, 1.54) is 22.5 Å². The van der Waals surface area contributed by atoms with Crippen molar-refractivity contribution in [3.63, 3.8) is 0 Å². The van der Waals surface area contributed by atoms with Crippen molar-refractivity contribution < 1.29 is 9.59 Å². The van der Waals surface area contributed by atoms with Crippen LogP contribution in [0.15, 0.2) is 77.3 Å². The maximum absolute atomic E-state index is 12.6. The molecule has 1 N–H and O–H groups in total. The molecule has 4 aromatic rings. The largest absolute Gasteiger partial charge is 0.302 e. The number of hydrogen-bond acceptors (Lipinski definition) is 4. The summed E-state index contributed by atoms with van der Waals surface area (Å²) < 4.78 is 0.911. The summed E-state index contributed by atoms with van der Waals surface area (Å²) in [5.74, 6) is -0.280. The van der Waals surface area contributed by atoms with Crippen LogP contribution in [0.1, 0.15) is 34.3 Å². The van der Waals surface area contributed by atoms with Crippen LogP contribution < -0.4 is 5.32 Å². The highest BCUT2D eigenvalue weighted by molar-refractivity contribution is 9.10. The Hall–Kier alpha value is -3.09. The van der Waals surface area contributed by atoms with Gasteiger partial charge in [0.1, 0.15) is 0 Å². The number of ketones is 1. The van der Waals surface area contributed by atoms with E-state index in [0.29, 0.717) is 10.7 Å².